The summed E-state index contributed by atoms with van der Waals surface area (Å²) in [7, 11) is 0. The molecular formula is C18H19N3O3. The lowest BCUT2D eigenvalue weighted by atomic mass is 10.2. The molecule has 6 nitrogen and oxygen atoms in total. The van der Waals surface area contributed by atoms with E-state index < -0.39 is 6.10 Å². The van der Waals surface area contributed by atoms with Gasteiger partial charge in [0, 0.05) is 23.9 Å². The summed E-state index contributed by atoms with van der Waals surface area (Å²) in [5, 5.41) is 7.13. The molecule has 1 N–H and O–H groups in total. The molecule has 0 fully saturated rings. The van der Waals surface area contributed by atoms with Gasteiger partial charge in [0.15, 0.2) is 6.10 Å². The van der Waals surface area contributed by atoms with Gasteiger partial charge in [-0.3, -0.25) is 9.48 Å². The van der Waals surface area contributed by atoms with Crippen molar-refractivity contribution in [3.8, 4) is 16.9 Å². The van der Waals surface area contributed by atoms with E-state index in [9.17, 15) is 4.79 Å². The molecule has 0 saturated heterocycles. The smallest absolute Gasteiger partial charge is 0.260 e. The molecule has 0 radical (unpaired) electrons. The zero-order valence-electron chi connectivity index (χ0n) is 13.4. The predicted octanol–water partition coefficient (Wildman–Crippen LogP) is 2.73. The van der Waals surface area contributed by atoms with Gasteiger partial charge in [-0.1, -0.05) is 18.2 Å². The monoisotopic (exact) mass is 325 g/mol. The maximum Gasteiger partial charge on any atom is 0.260 e. The van der Waals surface area contributed by atoms with E-state index in [-0.39, 0.29) is 5.91 Å². The molecule has 0 saturated carbocycles. The Bertz CT molecular complexity index is 766. The third kappa shape index (κ3) is 4.04. The lowest BCUT2D eigenvalue weighted by Gasteiger charge is -2.14. The fourth-order valence-electron chi connectivity index (χ4n) is 2.26. The highest BCUT2D eigenvalue weighted by Gasteiger charge is 2.13. The first kappa shape index (κ1) is 15.9. The van der Waals surface area contributed by atoms with Crippen molar-refractivity contribution in [3.63, 3.8) is 0 Å². The quantitative estimate of drug-likeness (QED) is 0.725. The van der Waals surface area contributed by atoms with Gasteiger partial charge in [0.1, 0.15) is 5.75 Å². The van der Waals surface area contributed by atoms with E-state index in [1.807, 2.05) is 42.6 Å². The number of rotatable bonds is 7. The first-order valence-corrected chi connectivity index (χ1v) is 7.77. The lowest BCUT2D eigenvalue weighted by Crippen LogP contribution is -2.37. The zero-order chi connectivity index (χ0) is 16.8. The minimum absolute atomic E-state index is 0.152. The summed E-state index contributed by atoms with van der Waals surface area (Å²) >= 11 is 0. The van der Waals surface area contributed by atoms with E-state index in [1.165, 1.54) is 0 Å². The molecule has 1 atom stereocenters. The molecule has 6 heteroatoms. The van der Waals surface area contributed by atoms with Crippen LogP contribution in [0.4, 0.5) is 0 Å². The van der Waals surface area contributed by atoms with Crippen LogP contribution in [0.3, 0.4) is 0 Å². The van der Waals surface area contributed by atoms with Crippen molar-refractivity contribution in [1.29, 1.82) is 0 Å². The van der Waals surface area contributed by atoms with Crippen LogP contribution in [0.15, 0.2) is 65.7 Å². The Morgan fingerprint density at radius 1 is 1.29 bits per heavy atom. The summed E-state index contributed by atoms with van der Waals surface area (Å²) < 4.78 is 12.4. The van der Waals surface area contributed by atoms with E-state index in [0.717, 1.165) is 11.1 Å². The van der Waals surface area contributed by atoms with Crippen molar-refractivity contribution in [2.45, 2.75) is 19.6 Å². The number of carbonyl (C=O) groups excluding carboxylic acids is 1. The maximum atomic E-state index is 12.1. The summed E-state index contributed by atoms with van der Waals surface area (Å²) in [5.41, 5.74) is 1.96. The van der Waals surface area contributed by atoms with Gasteiger partial charge >= 0.3 is 0 Å². The summed E-state index contributed by atoms with van der Waals surface area (Å²) in [6.07, 6.45) is 6.44. The highest BCUT2D eigenvalue weighted by molar-refractivity contribution is 5.80. The first-order valence-electron chi connectivity index (χ1n) is 7.77. The van der Waals surface area contributed by atoms with E-state index in [2.05, 4.69) is 10.4 Å². The summed E-state index contributed by atoms with van der Waals surface area (Å²) in [5.74, 6) is 0.526. The Morgan fingerprint density at radius 3 is 2.88 bits per heavy atom. The van der Waals surface area contributed by atoms with Crippen LogP contribution in [-0.4, -0.2) is 28.3 Å². The summed E-state index contributed by atoms with van der Waals surface area (Å²) in [6, 6.07) is 11.2. The largest absolute Gasteiger partial charge is 0.481 e. The van der Waals surface area contributed by atoms with Crippen LogP contribution >= 0.6 is 0 Å². The van der Waals surface area contributed by atoms with Gasteiger partial charge in [-0.2, -0.15) is 5.10 Å². The Kier molecular flexibility index (Phi) is 4.96. The van der Waals surface area contributed by atoms with Crippen molar-refractivity contribution in [2.24, 2.45) is 0 Å². The fraction of sp³-hybridized carbons (Fsp3) is 0.222. The van der Waals surface area contributed by atoms with Gasteiger partial charge in [0.2, 0.25) is 0 Å². The summed E-state index contributed by atoms with van der Waals surface area (Å²) in [6.45, 7) is 2.79. The van der Waals surface area contributed by atoms with Gasteiger partial charge in [-0.05, 0) is 25.1 Å². The van der Waals surface area contributed by atoms with Gasteiger partial charge in [-0.15, -0.1) is 0 Å². The molecule has 0 aliphatic carbocycles. The molecule has 1 aromatic carbocycles. The molecule has 0 aliphatic heterocycles. The number of carbonyl (C=O) groups is 1. The number of nitrogens with one attached hydrogen (secondary N) is 1. The number of furan rings is 1. The average Bonchev–Trinajstić information content (AvgIpc) is 3.27. The number of hydrogen-bond donors (Lipinski definition) is 1. The standard InChI is InChI=1S/C18H19N3O3/c1-14(24-17-5-3-2-4-6-17)18(22)19-8-9-21-12-16(11-20-21)15-7-10-23-13-15/h2-7,10-14H,8-9H2,1H3,(H,19,22). The second-order valence-corrected chi connectivity index (χ2v) is 5.37. The highest BCUT2D eigenvalue weighted by atomic mass is 16.5. The lowest BCUT2D eigenvalue weighted by molar-refractivity contribution is -0.127. The molecule has 2 aromatic heterocycles. The summed E-state index contributed by atoms with van der Waals surface area (Å²) in [4.78, 5) is 12.1. The van der Waals surface area contributed by atoms with Gasteiger partial charge in [0.05, 0.1) is 25.3 Å². The van der Waals surface area contributed by atoms with Gasteiger partial charge in [0.25, 0.3) is 5.91 Å². The van der Waals surface area contributed by atoms with Crippen molar-refractivity contribution in [3.05, 3.63) is 61.3 Å². The third-order valence-corrected chi connectivity index (χ3v) is 3.55. The van der Waals surface area contributed by atoms with E-state index >= 15 is 0 Å². The average molecular weight is 325 g/mol. The number of ether oxygens (including phenoxy) is 1. The molecule has 24 heavy (non-hydrogen) atoms. The molecule has 0 bridgehead atoms. The van der Waals surface area contributed by atoms with Crippen LogP contribution < -0.4 is 10.1 Å². The van der Waals surface area contributed by atoms with Crippen LogP contribution in [0.1, 0.15) is 6.92 Å². The van der Waals surface area contributed by atoms with E-state index in [1.54, 1.807) is 30.3 Å². The number of aromatic nitrogens is 2. The van der Waals surface area contributed by atoms with E-state index in [4.69, 9.17) is 9.15 Å². The Labute approximate surface area is 140 Å². The second kappa shape index (κ2) is 7.50. The number of amides is 1. The molecule has 1 amide bonds. The molecular weight excluding hydrogens is 306 g/mol. The van der Waals surface area contributed by atoms with Crippen molar-refractivity contribution in [1.82, 2.24) is 15.1 Å². The highest BCUT2D eigenvalue weighted by Crippen LogP contribution is 2.18. The Balaban J connectivity index is 1.45. The molecule has 2 heterocycles. The number of hydrogen-bond acceptors (Lipinski definition) is 4. The Morgan fingerprint density at radius 2 is 2.12 bits per heavy atom. The molecule has 0 spiro atoms. The molecule has 1 unspecified atom stereocenters. The molecule has 124 valence electrons. The van der Waals surface area contributed by atoms with Crippen LogP contribution in [-0.2, 0) is 11.3 Å². The van der Waals surface area contributed by atoms with Gasteiger partial charge < -0.3 is 14.5 Å². The normalized spacial score (nSPS) is 11.9. The van der Waals surface area contributed by atoms with Crippen molar-refractivity contribution < 1.29 is 13.9 Å². The fourth-order valence-corrected chi connectivity index (χ4v) is 2.26. The molecule has 0 aliphatic rings. The minimum atomic E-state index is -0.550. The van der Waals surface area contributed by atoms with Crippen LogP contribution in [0.25, 0.3) is 11.1 Å². The third-order valence-electron chi connectivity index (χ3n) is 3.55. The van der Waals surface area contributed by atoms with Crippen LogP contribution in [0.2, 0.25) is 0 Å². The second-order valence-electron chi connectivity index (χ2n) is 5.37. The van der Waals surface area contributed by atoms with E-state index in [0.29, 0.717) is 18.8 Å². The number of benzene rings is 1. The Hall–Kier alpha value is -3.02. The topological polar surface area (TPSA) is 69.3 Å². The SMILES string of the molecule is CC(Oc1ccccc1)C(=O)NCCn1cc(-c2ccoc2)cn1. The molecule has 3 aromatic rings. The predicted molar refractivity (Wildman–Crippen MR) is 89.5 cm³/mol. The maximum absolute atomic E-state index is 12.1. The van der Waals surface area contributed by atoms with Crippen molar-refractivity contribution >= 4 is 5.91 Å². The van der Waals surface area contributed by atoms with Crippen molar-refractivity contribution in [2.75, 3.05) is 6.54 Å². The zero-order valence-corrected chi connectivity index (χ0v) is 13.4. The van der Waals surface area contributed by atoms with Crippen LogP contribution in [0.5, 0.6) is 5.75 Å². The van der Waals surface area contributed by atoms with Crippen LogP contribution in [0, 0.1) is 0 Å². The minimum Gasteiger partial charge on any atom is -0.481 e. The first-order chi connectivity index (χ1) is 11.7. The number of nitrogens with zero attached hydrogens (tertiary/aromatic N) is 2. The van der Waals surface area contributed by atoms with Gasteiger partial charge in [-0.25, -0.2) is 0 Å². The number of para-hydroxylation sites is 1. The molecule has 3 rings (SSSR count).